The van der Waals surface area contributed by atoms with Gasteiger partial charge in [-0.3, -0.25) is 0 Å². The van der Waals surface area contributed by atoms with Crippen molar-refractivity contribution in [1.82, 2.24) is 20.4 Å². The Bertz CT molecular complexity index is 454. The Morgan fingerprint density at radius 1 is 1.43 bits per heavy atom. The third-order valence-electron chi connectivity index (χ3n) is 3.37. The van der Waals surface area contributed by atoms with E-state index in [4.69, 9.17) is 9.26 Å². The summed E-state index contributed by atoms with van der Waals surface area (Å²) in [4.78, 5) is 11.2. The van der Waals surface area contributed by atoms with E-state index in [1.54, 1.807) is 0 Å². The van der Waals surface area contributed by atoms with Crippen molar-refractivity contribution in [3.05, 3.63) is 11.7 Å². The van der Waals surface area contributed by atoms with E-state index in [1.165, 1.54) is 12.8 Å². The summed E-state index contributed by atoms with van der Waals surface area (Å²) < 4.78 is 10.7. The molecule has 1 aliphatic heterocycles. The van der Waals surface area contributed by atoms with Gasteiger partial charge in [0.1, 0.15) is 12.6 Å². The molecule has 1 atom stereocenters. The van der Waals surface area contributed by atoms with Crippen LogP contribution in [-0.4, -0.2) is 47.2 Å². The second-order valence-electron chi connectivity index (χ2n) is 5.01. The van der Waals surface area contributed by atoms with Crippen LogP contribution in [0.4, 0.5) is 0 Å². The van der Waals surface area contributed by atoms with E-state index >= 15 is 0 Å². The standard InChI is InChI=1S/C14H25N5O2/c1-4-15-14(19-8-6-7-9-19)16-10-12-17-13(18-21-12)11(3)20-5-2/h11H,4-10H2,1-3H3,(H,15,16). The van der Waals surface area contributed by atoms with E-state index in [2.05, 4.69) is 32.3 Å². The molecule has 0 aliphatic carbocycles. The molecule has 2 rings (SSSR count). The zero-order chi connectivity index (χ0) is 15.1. The summed E-state index contributed by atoms with van der Waals surface area (Å²) in [5.74, 6) is 2.02. The van der Waals surface area contributed by atoms with Crippen LogP contribution < -0.4 is 5.32 Å². The summed E-state index contributed by atoms with van der Waals surface area (Å²) in [5.41, 5.74) is 0. The largest absolute Gasteiger partial charge is 0.371 e. The smallest absolute Gasteiger partial charge is 0.248 e. The zero-order valence-electron chi connectivity index (χ0n) is 13.1. The number of rotatable bonds is 6. The summed E-state index contributed by atoms with van der Waals surface area (Å²) in [5, 5.41) is 7.25. The number of aromatic nitrogens is 2. The molecule has 2 heterocycles. The van der Waals surface area contributed by atoms with Gasteiger partial charge in [-0.15, -0.1) is 0 Å². The lowest BCUT2D eigenvalue weighted by Gasteiger charge is -2.20. The van der Waals surface area contributed by atoms with E-state index in [1.807, 2.05) is 13.8 Å². The van der Waals surface area contributed by atoms with Crippen LogP contribution in [0.15, 0.2) is 9.52 Å². The number of guanidine groups is 1. The molecule has 7 nitrogen and oxygen atoms in total. The molecule has 7 heteroatoms. The molecule has 0 saturated carbocycles. The highest BCUT2D eigenvalue weighted by atomic mass is 16.5. The van der Waals surface area contributed by atoms with Crippen molar-refractivity contribution in [3.63, 3.8) is 0 Å². The molecule has 1 aliphatic rings. The monoisotopic (exact) mass is 295 g/mol. The summed E-state index contributed by atoms with van der Waals surface area (Å²) >= 11 is 0. The van der Waals surface area contributed by atoms with E-state index in [0.29, 0.717) is 24.9 Å². The molecular weight excluding hydrogens is 270 g/mol. The third-order valence-corrected chi connectivity index (χ3v) is 3.37. The molecule has 1 aromatic heterocycles. The summed E-state index contributed by atoms with van der Waals surface area (Å²) in [6.07, 6.45) is 2.30. The fraction of sp³-hybridized carbons (Fsp3) is 0.786. The first-order valence-corrected chi connectivity index (χ1v) is 7.72. The molecule has 118 valence electrons. The topological polar surface area (TPSA) is 75.8 Å². The van der Waals surface area contributed by atoms with E-state index in [0.717, 1.165) is 25.6 Å². The highest BCUT2D eigenvalue weighted by Gasteiger charge is 2.17. The second-order valence-corrected chi connectivity index (χ2v) is 5.01. The van der Waals surface area contributed by atoms with Gasteiger partial charge in [-0.25, -0.2) is 4.99 Å². The number of hydrogen-bond acceptors (Lipinski definition) is 5. The van der Waals surface area contributed by atoms with Crippen LogP contribution in [-0.2, 0) is 11.3 Å². The Morgan fingerprint density at radius 3 is 2.86 bits per heavy atom. The third kappa shape index (κ3) is 4.42. The van der Waals surface area contributed by atoms with E-state index < -0.39 is 0 Å². The van der Waals surface area contributed by atoms with Gasteiger partial charge in [0.2, 0.25) is 5.89 Å². The van der Waals surface area contributed by atoms with Gasteiger partial charge >= 0.3 is 0 Å². The Labute approximate surface area is 125 Å². The van der Waals surface area contributed by atoms with Crippen LogP contribution in [0, 0.1) is 0 Å². The molecule has 1 N–H and O–H groups in total. The molecule has 0 bridgehead atoms. The molecule has 0 radical (unpaired) electrons. The van der Waals surface area contributed by atoms with Crippen LogP contribution in [0.1, 0.15) is 51.4 Å². The van der Waals surface area contributed by atoms with Crippen LogP contribution in [0.2, 0.25) is 0 Å². The van der Waals surface area contributed by atoms with Crippen molar-refractivity contribution >= 4 is 5.96 Å². The minimum atomic E-state index is -0.150. The number of nitrogens with one attached hydrogen (secondary N) is 1. The number of likely N-dealkylation sites (tertiary alicyclic amines) is 1. The number of nitrogens with zero attached hydrogens (tertiary/aromatic N) is 4. The summed E-state index contributed by atoms with van der Waals surface area (Å²) in [7, 11) is 0. The SMILES string of the molecule is CCNC(=NCc1nc(C(C)OCC)no1)N1CCCC1. The summed E-state index contributed by atoms with van der Waals surface area (Å²) in [6.45, 7) is 9.92. The molecule has 0 aromatic carbocycles. The molecule has 21 heavy (non-hydrogen) atoms. The van der Waals surface area contributed by atoms with Gasteiger partial charge in [0.25, 0.3) is 0 Å². The quantitative estimate of drug-likeness (QED) is 0.636. The van der Waals surface area contributed by atoms with Gasteiger partial charge in [0.15, 0.2) is 11.8 Å². The molecule has 0 spiro atoms. The Morgan fingerprint density at radius 2 is 2.19 bits per heavy atom. The maximum Gasteiger partial charge on any atom is 0.248 e. The zero-order valence-corrected chi connectivity index (χ0v) is 13.1. The van der Waals surface area contributed by atoms with Crippen molar-refractivity contribution in [2.24, 2.45) is 4.99 Å². The van der Waals surface area contributed by atoms with Crippen LogP contribution in [0.25, 0.3) is 0 Å². The number of hydrogen-bond donors (Lipinski definition) is 1. The van der Waals surface area contributed by atoms with Crippen LogP contribution in [0.5, 0.6) is 0 Å². The first kappa shape index (κ1) is 15.8. The van der Waals surface area contributed by atoms with Gasteiger partial charge in [-0.05, 0) is 33.6 Å². The van der Waals surface area contributed by atoms with Crippen molar-refractivity contribution < 1.29 is 9.26 Å². The van der Waals surface area contributed by atoms with Gasteiger partial charge in [0.05, 0.1) is 0 Å². The highest BCUT2D eigenvalue weighted by molar-refractivity contribution is 5.80. The minimum Gasteiger partial charge on any atom is -0.371 e. The lowest BCUT2D eigenvalue weighted by molar-refractivity contribution is 0.0683. The Kier molecular flexibility index (Phi) is 5.98. The molecule has 0 amide bonds. The van der Waals surface area contributed by atoms with Crippen molar-refractivity contribution in [3.8, 4) is 0 Å². The van der Waals surface area contributed by atoms with Crippen molar-refractivity contribution in [1.29, 1.82) is 0 Å². The second kappa shape index (κ2) is 7.97. The predicted molar refractivity (Wildman–Crippen MR) is 80.0 cm³/mol. The Balaban J connectivity index is 1.97. The number of aliphatic imine (C=N–C) groups is 1. The predicted octanol–water partition coefficient (Wildman–Crippen LogP) is 1.73. The molecule has 1 saturated heterocycles. The lowest BCUT2D eigenvalue weighted by atomic mass is 10.4. The van der Waals surface area contributed by atoms with Crippen molar-refractivity contribution in [2.45, 2.75) is 46.3 Å². The molecule has 1 aromatic rings. The fourth-order valence-electron chi connectivity index (χ4n) is 2.32. The average molecular weight is 295 g/mol. The minimum absolute atomic E-state index is 0.150. The fourth-order valence-corrected chi connectivity index (χ4v) is 2.32. The first-order valence-electron chi connectivity index (χ1n) is 7.72. The first-order chi connectivity index (χ1) is 10.2. The van der Waals surface area contributed by atoms with Gasteiger partial charge in [-0.2, -0.15) is 4.98 Å². The van der Waals surface area contributed by atoms with E-state index in [-0.39, 0.29) is 6.10 Å². The Hall–Kier alpha value is -1.63. The van der Waals surface area contributed by atoms with Crippen LogP contribution >= 0.6 is 0 Å². The molecule has 1 fully saturated rings. The average Bonchev–Trinajstić information content (AvgIpc) is 3.15. The van der Waals surface area contributed by atoms with E-state index in [9.17, 15) is 0 Å². The van der Waals surface area contributed by atoms with Gasteiger partial charge in [-0.1, -0.05) is 5.16 Å². The normalized spacial score (nSPS) is 17.3. The maximum absolute atomic E-state index is 5.45. The lowest BCUT2D eigenvalue weighted by Crippen LogP contribution is -2.39. The van der Waals surface area contributed by atoms with Gasteiger partial charge in [0, 0.05) is 26.2 Å². The van der Waals surface area contributed by atoms with Crippen molar-refractivity contribution in [2.75, 3.05) is 26.2 Å². The molecular formula is C14H25N5O2. The highest BCUT2D eigenvalue weighted by Crippen LogP contribution is 2.13. The maximum atomic E-state index is 5.45. The van der Waals surface area contributed by atoms with Crippen LogP contribution in [0.3, 0.4) is 0 Å². The summed E-state index contributed by atoms with van der Waals surface area (Å²) in [6, 6.07) is 0. The number of ether oxygens (including phenoxy) is 1. The van der Waals surface area contributed by atoms with Gasteiger partial charge < -0.3 is 19.5 Å². The molecule has 1 unspecified atom stereocenters.